The summed E-state index contributed by atoms with van der Waals surface area (Å²) >= 11 is 3.81. The van der Waals surface area contributed by atoms with Crippen LogP contribution in [0.1, 0.15) is 49.1 Å². The van der Waals surface area contributed by atoms with Crippen LogP contribution in [0, 0.1) is 5.92 Å². The third kappa shape index (κ3) is 3.06. The smallest absolute Gasteiger partial charge is 0.122 e. The number of benzene rings is 1. The van der Waals surface area contributed by atoms with Gasteiger partial charge in [0, 0.05) is 0 Å². The predicted octanol–water partition coefficient (Wildman–Crippen LogP) is 4.03. The van der Waals surface area contributed by atoms with Crippen molar-refractivity contribution >= 4 is 15.9 Å². The summed E-state index contributed by atoms with van der Waals surface area (Å²) in [5.41, 5.74) is 2.19. The van der Waals surface area contributed by atoms with E-state index in [4.69, 9.17) is 4.74 Å². The number of aromatic hydroxyl groups is 1. The van der Waals surface area contributed by atoms with Gasteiger partial charge in [-0.1, -0.05) is 40.5 Å². The highest BCUT2D eigenvalue weighted by Gasteiger charge is 2.41. The summed E-state index contributed by atoms with van der Waals surface area (Å²) in [6.07, 6.45) is 7.36. The third-order valence-electron chi connectivity index (χ3n) is 6.04. The molecule has 0 radical (unpaired) electrons. The normalized spacial score (nSPS) is 33.6. The van der Waals surface area contributed by atoms with Crippen LogP contribution >= 0.6 is 15.9 Å². The van der Waals surface area contributed by atoms with Crippen LogP contribution in [-0.4, -0.2) is 40.8 Å². The van der Waals surface area contributed by atoms with Gasteiger partial charge in [0.1, 0.15) is 5.75 Å². The number of rotatable bonds is 5. The second-order valence-electron chi connectivity index (χ2n) is 7.31. The summed E-state index contributed by atoms with van der Waals surface area (Å²) in [5.74, 6) is 1.79. The fourth-order valence-corrected chi connectivity index (χ4v) is 5.30. The minimum Gasteiger partial charge on any atom is -0.507 e. The first-order valence-electron chi connectivity index (χ1n) is 9.04. The Morgan fingerprint density at radius 2 is 1.96 bits per heavy atom. The zero-order valence-electron chi connectivity index (χ0n) is 13.6. The number of hydrogen-bond acceptors (Lipinski definition) is 3. The zero-order chi connectivity index (χ0) is 15.8. The third-order valence-corrected chi connectivity index (χ3v) is 7.14. The van der Waals surface area contributed by atoms with Gasteiger partial charge in [-0.3, -0.25) is 4.90 Å². The monoisotopic (exact) mass is 379 g/mol. The molecule has 3 heterocycles. The van der Waals surface area contributed by atoms with E-state index in [9.17, 15) is 5.11 Å². The molecule has 4 fully saturated rings. The highest BCUT2D eigenvalue weighted by atomic mass is 79.9. The average Bonchev–Trinajstić information content (AvgIpc) is 2.52. The molecule has 2 atom stereocenters. The Kier molecular flexibility index (Phi) is 4.66. The maximum atomic E-state index is 10.5. The number of halogens is 1. The van der Waals surface area contributed by atoms with E-state index in [1.165, 1.54) is 45.2 Å². The van der Waals surface area contributed by atoms with Crippen LogP contribution in [0.2, 0.25) is 0 Å². The summed E-state index contributed by atoms with van der Waals surface area (Å²) in [5, 5.41) is 10.5. The van der Waals surface area contributed by atoms with Crippen molar-refractivity contribution in [3.63, 3.8) is 0 Å². The molecule has 1 saturated carbocycles. The molecular weight excluding hydrogens is 354 g/mol. The summed E-state index contributed by atoms with van der Waals surface area (Å²) in [4.78, 5) is 2.85. The molecule has 126 valence electrons. The number of phenols is 1. The molecule has 23 heavy (non-hydrogen) atoms. The Balaban J connectivity index is 1.36. The van der Waals surface area contributed by atoms with E-state index in [2.05, 4.69) is 33.0 Å². The first kappa shape index (κ1) is 15.9. The van der Waals surface area contributed by atoms with Crippen LogP contribution in [0.5, 0.6) is 5.75 Å². The van der Waals surface area contributed by atoms with Gasteiger partial charge in [0.25, 0.3) is 0 Å². The van der Waals surface area contributed by atoms with E-state index >= 15 is 0 Å². The fraction of sp³-hybridized carbons (Fsp3) is 0.684. The minimum atomic E-state index is 0.300. The molecule has 1 aliphatic carbocycles. The molecule has 1 aromatic rings. The van der Waals surface area contributed by atoms with E-state index in [0.717, 1.165) is 17.5 Å². The SMILES string of the molecule is Oc1c(CCOC2C3CCN(CC3)C2Br)cccc1C1CCC1. The molecule has 2 unspecified atom stereocenters. The summed E-state index contributed by atoms with van der Waals surface area (Å²) < 4.78 is 6.23. The van der Waals surface area contributed by atoms with E-state index in [1.807, 2.05) is 6.07 Å². The van der Waals surface area contributed by atoms with Crippen molar-refractivity contribution in [1.82, 2.24) is 4.90 Å². The van der Waals surface area contributed by atoms with Crippen LogP contribution in [0.15, 0.2) is 18.2 Å². The molecule has 2 bridgehead atoms. The average molecular weight is 380 g/mol. The van der Waals surface area contributed by atoms with Crippen LogP contribution < -0.4 is 0 Å². The number of phenolic OH excluding ortho intramolecular Hbond substituents is 1. The second-order valence-corrected chi connectivity index (χ2v) is 8.25. The lowest BCUT2D eigenvalue weighted by atomic mass is 9.79. The van der Waals surface area contributed by atoms with E-state index in [1.54, 1.807) is 0 Å². The maximum Gasteiger partial charge on any atom is 0.122 e. The van der Waals surface area contributed by atoms with Crippen LogP contribution in [0.25, 0.3) is 0 Å². The summed E-state index contributed by atoms with van der Waals surface area (Å²) in [6, 6.07) is 6.22. The van der Waals surface area contributed by atoms with Gasteiger partial charge in [-0.05, 0) is 68.2 Å². The largest absolute Gasteiger partial charge is 0.507 e. The zero-order valence-corrected chi connectivity index (χ0v) is 15.2. The molecule has 1 N–H and O–H groups in total. The van der Waals surface area contributed by atoms with Gasteiger partial charge in [-0.15, -0.1) is 0 Å². The quantitative estimate of drug-likeness (QED) is 0.618. The van der Waals surface area contributed by atoms with Crippen LogP contribution in [0.4, 0.5) is 0 Å². The van der Waals surface area contributed by atoms with Crippen molar-refractivity contribution in [1.29, 1.82) is 0 Å². The Morgan fingerprint density at radius 3 is 2.61 bits per heavy atom. The Morgan fingerprint density at radius 1 is 1.17 bits per heavy atom. The molecule has 4 heteroatoms. The molecule has 5 rings (SSSR count). The molecule has 0 spiro atoms. The highest BCUT2D eigenvalue weighted by molar-refractivity contribution is 9.09. The van der Waals surface area contributed by atoms with Gasteiger partial charge in [-0.25, -0.2) is 0 Å². The maximum absolute atomic E-state index is 10.5. The van der Waals surface area contributed by atoms with E-state index < -0.39 is 0 Å². The van der Waals surface area contributed by atoms with Crippen molar-refractivity contribution in [3.05, 3.63) is 29.3 Å². The first-order chi connectivity index (χ1) is 11.2. The first-order valence-corrected chi connectivity index (χ1v) is 9.96. The van der Waals surface area contributed by atoms with Crippen LogP contribution in [0.3, 0.4) is 0 Å². The lowest BCUT2D eigenvalue weighted by Crippen LogP contribution is -2.56. The van der Waals surface area contributed by atoms with Crippen molar-refractivity contribution < 1.29 is 9.84 Å². The lowest BCUT2D eigenvalue weighted by Gasteiger charge is -2.48. The number of nitrogens with zero attached hydrogens (tertiary/aromatic N) is 1. The lowest BCUT2D eigenvalue weighted by molar-refractivity contribution is -0.0784. The van der Waals surface area contributed by atoms with E-state index in [-0.39, 0.29) is 0 Å². The Labute approximate surface area is 147 Å². The molecule has 3 saturated heterocycles. The van der Waals surface area contributed by atoms with Gasteiger partial charge in [0.15, 0.2) is 0 Å². The van der Waals surface area contributed by atoms with Crippen molar-refractivity contribution in [2.75, 3.05) is 19.7 Å². The molecule has 1 aromatic carbocycles. The number of alkyl halides is 1. The van der Waals surface area contributed by atoms with Gasteiger partial charge in [0.05, 0.1) is 17.7 Å². The van der Waals surface area contributed by atoms with Crippen LogP contribution in [-0.2, 0) is 11.2 Å². The fourth-order valence-electron chi connectivity index (χ4n) is 4.31. The molecule has 4 aliphatic rings. The number of hydrogen-bond donors (Lipinski definition) is 1. The van der Waals surface area contributed by atoms with Gasteiger partial charge >= 0.3 is 0 Å². The minimum absolute atomic E-state index is 0.300. The van der Waals surface area contributed by atoms with Gasteiger partial charge in [0.2, 0.25) is 0 Å². The number of para-hydroxylation sites is 1. The Hall–Kier alpha value is -0.580. The van der Waals surface area contributed by atoms with Crippen molar-refractivity contribution in [2.24, 2.45) is 5.92 Å². The highest BCUT2D eigenvalue weighted by Crippen LogP contribution is 2.42. The summed E-state index contributed by atoms with van der Waals surface area (Å²) in [6.45, 7) is 3.09. The summed E-state index contributed by atoms with van der Waals surface area (Å²) in [7, 11) is 0. The molecule has 3 nitrogen and oxygen atoms in total. The molecule has 3 aliphatic heterocycles. The molecular formula is C19H26BrNO2. The second kappa shape index (κ2) is 6.73. The van der Waals surface area contributed by atoms with Gasteiger partial charge in [-0.2, -0.15) is 0 Å². The van der Waals surface area contributed by atoms with Crippen molar-refractivity contribution in [3.8, 4) is 5.75 Å². The Bertz CT molecular complexity index is 550. The van der Waals surface area contributed by atoms with E-state index in [0.29, 0.717) is 35.2 Å². The topological polar surface area (TPSA) is 32.7 Å². The molecule has 0 amide bonds. The number of piperidine rings is 3. The van der Waals surface area contributed by atoms with Gasteiger partial charge < -0.3 is 9.84 Å². The molecule has 0 aromatic heterocycles. The van der Waals surface area contributed by atoms with Crippen molar-refractivity contribution in [2.45, 2.75) is 55.5 Å². The number of fused-ring (bicyclic) bond motifs is 3. The predicted molar refractivity (Wildman–Crippen MR) is 95.2 cm³/mol. The standard InChI is InChI=1S/C19H26BrNO2/c20-19-18(15-7-10-21(19)11-8-15)23-12-9-14-5-2-6-16(17(14)22)13-3-1-4-13/h2,5-6,13,15,18-19,22H,1,3-4,7-12H2. The number of ether oxygens (including phenoxy) is 1.